The summed E-state index contributed by atoms with van der Waals surface area (Å²) < 4.78 is 0. The molecule has 0 radical (unpaired) electrons. The van der Waals surface area contributed by atoms with Gasteiger partial charge >= 0.3 is 0 Å². The van der Waals surface area contributed by atoms with Crippen LogP contribution in [0.15, 0.2) is 6.07 Å². The smallest absolute Gasteiger partial charge is 0.261 e. The maximum absolute atomic E-state index is 12.4. The Balaban J connectivity index is 0.00000220. The lowest BCUT2D eigenvalue weighted by atomic mass is 9.95. The summed E-state index contributed by atoms with van der Waals surface area (Å²) in [6, 6.07) is 2.40. The van der Waals surface area contributed by atoms with E-state index >= 15 is 0 Å². The van der Waals surface area contributed by atoms with E-state index in [9.17, 15) is 4.79 Å². The number of carbonyl (C=O) groups excluding carboxylic acids is 1. The van der Waals surface area contributed by atoms with Crippen molar-refractivity contribution in [1.29, 1.82) is 0 Å². The van der Waals surface area contributed by atoms with Crippen molar-refractivity contribution >= 4 is 29.7 Å². The fourth-order valence-electron chi connectivity index (χ4n) is 2.78. The standard InChI is InChI=1S/C16H26N2OS.ClH/c1-4-6-14-12(5-2)9-15(20-14)16(19)18-13-7-8-17-10-11(13)3;/h9,11,13,17H,4-8,10H2,1-3H3,(H,18,19);1H. The summed E-state index contributed by atoms with van der Waals surface area (Å²) in [6.07, 6.45) is 4.27. The zero-order valence-corrected chi connectivity index (χ0v) is 14.8. The molecular formula is C16H27ClN2OS. The average molecular weight is 331 g/mol. The van der Waals surface area contributed by atoms with Crippen LogP contribution in [0.3, 0.4) is 0 Å². The van der Waals surface area contributed by atoms with Gasteiger partial charge in [0, 0.05) is 10.9 Å². The number of hydrogen-bond acceptors (Lipinski definition) is 3. The minimum absolute atomic E-state index is 0. The van der Waals surface area contributed by atoms with Crippen LogP contribution in [0.4, 0.5) is 0 Å². The van der Waals surface area contributed by atoms with Crippen molar-refractivity contribution in [2.45, 2.75) is 52.5 Å². The number of piperidine rings is 1. The predicted molar refractivity (Wildman–Crippen MR) is 92.8 cm³/mol. The highest BCUT2D eigenvalue weighted by Crippen LogP contribution is 2.25. The van der Waals surface area contributed by atoms with E-state index in [4.69, 9.17) is 0 Å². The first-order valence-electron chi connectivity index (χ1n) is 7.78. The van der Waals surface area contributed by atoms with Crippen LogP contribution >= 0.6 is 23.7 Å². The van der Waals surface area contributed by atoms with Crippen molar-refractivity contribution in [3.05, 3.63) is 21.4 Å². The molecule has 2 heterocycles. The number of thiophene rings is 1. The molecule has 1 amide bonds. The number of carbonyl (C=O) groups is 1. The van der Waals surface area contributed by atoms with Crippen LogP contribution in [-0.2, 0) is 12.8 Å². The van der Waals surface area contributed by atoms with Gasteiger partial charge in [-0.15, -0.1) is 23.7 Å². The zero-order chi connectivity index (χ0) is 14.5. The fraction of sp³-hybridized carbons (Fsp3) is 0.688. The first kappa shape index (κ1) is 18.5. The van der Waals surface area contributed by atoms with Crippen molar-refractivity contribution in [1.82, 2.24) is 10.6 Å². The van der Waals surface area contributed by atoms with Crippen LogP contribution in [0.25, 0.3) is 0 Å². The highest BCUT2D eigenvalue weighted by atomic mass is 35.5. The van der Waals surface area contributed by atoms with E-state index in [-0.39, 0.29) is 18.3 Å². The Hall–Kier alpha value is -0.580. The van der Waals surface area contributed by atoms with Crippen molar-refractivity contribution < 1.29 is 4.79 Å². The van der Waals surface area contributed by atoms with E-state index in [1.807, 2.05) is 0 Å². The summed E-state index contributed by atoms with van der Waals surface area (Å²) in [5.41, 5.74) is 1.35. The Morgan fingerprint density at radius 2 is 2.24 bits per heavy atom. The van der Waals surface area contributed by atoms with Crippen molar-refractivity contribution in [3.63, 3.8) is 0 Å². The third-order valence-electron chi connectivity index (χ3n) is 4.08. The first-order chi connectivity index (χ1) is 9.65. The quantitative estimate of drug-likeness (QED) is 0.868. The molecule has 2 unspecified atom stereocenters. The van der Waals surface area contributed by atoms with E-state index in [1.165, 1.54) is 10.4 Å². The van der Waals surface area contributed by atoms with Crippen LogP contribution in [0, 0.1) is 5.92 Å². The number of rotatable bonds is 5. The number of aryl methyl sites for hydroxylation is 2. The molecule has 120 valence electrons. The third-order valence-corrected chi connectivity index (χ3v) is 5.32. The molecule has 1 aliphatic rings. The predicted octanol–water partition coefficient (Wildman–Crippen LogP) is 3.41. The van der Waals surface area contributed by atoms with Gasteiger partial charge in [0.15, 0.2) is 0 Å². The molecule has 1 aromatic rings. The van der Waals surface area contributed by atoms with Crippen LogP contribution in [0.2, 0.25) is 0 Å². The lowest BCUT2D eigenvalue weighted by Crippen LogP contribution is -2.48. The molecule has 1 saturated heterocycles. The van der Waals surface area contributed by atoms with E-state index in [2.05, 4.69) is 37.5 Å². The third kappa shape index (κ3) is 4.70. The van der Waals surface area contributed by atoms with Gasteiger partial charge in [-0.3, -0.25) is 4.79 Å². The van der Waals surface area contributed by atoms with Crippen molar-refractivity contribution in [3.8, 4) is 0 Å². The highest BCUT2D eigenvalue weighted by Gasteiger charge is 2.24. The molecule has 0 spiro atoms. The summed E-state index contributed by atoms with van der Waals surface area (Å²) in [7, 11) is 0. The number of amides is 1. The average Bonchev–Trinajstić information content (AvgIpc) is 2.85. The Bertz CT molecular complexity index is 461. The number of nitrogens with one attached hydrogen (secondary N) is 2. The normalized spacial score (nSPS) is 21.7. The molecule has 0 bridgehead atoms. The van der Waals surface area contributed by atoms with Crippen molar-refractivity contribution in [2.75, 3.05) is 13.1 Å². The van der Waals surface area contributed by atoms with Gasteiger partial charge in [0.25, 0.3) is 5.91 Å². The molecule has 1 fully saturated rings. The van der Waals surface area contributed by atoms with Crippen LogP contribution in [-0.4, -0.2) is 25.0 Å². The summed E-state index contributed by atoms with van der Waals surface area (Å²) >= 11 is 1.68. The van der Waals surface area contributed by atoms with Gasteiger partial charge in [0.05, 0.1) is 4.88 Å². The minimum atomic E-state index is 0. The van der Waals surface area contributed by atoms with E-state index in [0.717, 1.165) is 43.6 Å². The lowest BCUT2D eigenvalue weighted by Gasteiger charge is -2.30. The molecule has 5 heteroatoms. The van der Waals surface area contributed by atoms with E-state index in [0.29, 0.717) is 12.0 Å². The van der Waals surface area contributed by atoms with Gasteiger partial charge in [0.2, 0.25) is 0 Å². The second kappa shape index (κ2) is 8.76. The first-order valence-corrected chi connectivity index (χ1v) is 8.60. The second-order valence-electron chi connectivity index (χ2n) is 5.71. The molecule has 1 aliphatic heterocycles. The molecule has 21 heavy (non-hydrogen) atoms. The lowest BCUT2D eigenvalue weighted by molar-refractivity contribution is 0.0918. The molecule has 2 rings (SSSR count). The highest BCUT2D eigenvalue weighted by molar-refractivity contribution is 7.14. The maximum atomic E-state index is 12.4. The molecule has 0 saturated carbocycles. The van der Waals surface area contributed by atoms with E-state index in [1.54, 1.807) is 11.3 Å². The SMILES string of the molecule is CCCc1sc(C(=O)NC2CCNCC2C)cc1CC.Cl. The summed E-state index contributed by atoms with van der Waals surface area (Å²) in [4.78, 5) is 14.7. The molecule has 2 atom stereocenters. The number of hydrogen-bond donors (Lipinski definition) is 2. The van der Waals surface area contributed by atoms with Gasteiger partial charge in [-0.25, -0.2) is 0 Å². The van der Waals surface area contributed by atoms with Gasteiger partial charge in [-0.2, -0.15) is 0 Å². The van der Waals surface area contributed by atoms with E-state index < -0.39 is 0 Å². The molecule has 0 aliphatic carbocycles. The topological polar surface area (TPSA) is 41.1 Å². The molecule has 2 N–H and O–H groups in total. The largest absolute Gasteiger partial charge is 0.348 e. The fourth-order valence-corrected chi connectivity index (χ4v) is 4.04. The van der Waals surface area contributed by atoms with Gasteiger partial charge in [0.1, 0.15) is 0 Å². The molecular weight excluding hydrogens is 304 g/mol. The summed E-state index contributed by atoms with van der Waals surface area (Å²) in [5.74, 6) is 0.624. The Morgan fingerprint density at radius 1 is 1.48 bits per heavy atom. The monoisotopic (exact) mass is 330 g/mol. The van der Waals surface area contributed by atoms with Crippen LogP contribution in [0.5, 0.6) is 0 Å². The van der Waals surface area contributed by atoms with Gasteiger partial charge < -0.3 is 10.6 Å². The molecule has 1 aromatic heterocycles. The Morgan fingerprint density at radius 3 is 2.86 bits per heavy atom. The van der Waals surface area contributed by atoms with Crippen LogP contribution in [0.1, 0.15) is 53.7 Å². The second-order valence-corrected chi connectivity index (χ2v) is 6.85. The molecule has 0 aromatic carbocycles. The summed E-state index contributed by atoms with van der Waals surface area (Å²) in [6.45, 7) is 8.55. The van der Waals surface area contributed by atoms with Gasteiger partial charge in [-0.05, 0) is 49.9 Å². The number of halogens is 1. The Kier molecular flexibility index (Phi) is 7.71. The maximum Gasteiger partial charge on any atom is 0.261 e. The van der Waals surface area contributed by atoms with Crippen LogP contribution < -0.4 is 10.6 Å². The Labute approximate surface area is 138 Å². The van der Waals surface area contributed by atoms with Crippen molar-refractivity contribution in [2.24, 2.45) is 5.92 Å². The zero-order valence-electron chi connectivity index (χ0n) is 13.2. The summed E-state index contributed by atoms with van der Waals surface area (Å²) in [5, 5.41) is 6.59. The molecule has 3 nitrogen and oxygen atoms in total. The minimum Gasteiger partial charge on any atom is -0.348 e. The van der Waals surface area contributed by atoms with Gasteiger partial charge in [-0.1, -0.05) is 27.2 Å².